The third-order valence-electron chi connectivity index (χ3n) is 2.09. The van der Waals surface area contributed by atoms with E-state index in [-0.39, 0.29) is 0 Å². The lowest BCUT2D eigenvalue weighted by Crippen LogP contribution is -2.11. The molecule has 0 aromatic carbocycles. The van der Waals surface area contributed by atoms with Crippen molar-refractivity contribution in [3.8, 4) is 0 Å². The Morgan fingerprint density at radius 3 is 3.08 bits per heavy atom. The first-order valence-electron chi connectivity index (χ1n) is 4.41. The van der Waals surface area contributed by atoms with E-state index < -0.39 is 0 Å². The molecule has 2 nitrogen and oxygen atoms in total. The second-order valence-corrected chi connectivity index (χ2v) is 4.34. The molecule has 1 fully saturated rings. The minimum absolute atomic E-state index is 0.639. The Kier molecular flexibility index (Phi) is 4.88. The molecule has 0 amide bonds. The summed E-state index contributed by atoms with van der Waals surface area (Å²) < 4.78 is 6.31. The highest BCUT2D eigenvalue weighted by Crippen LogP contribution is 2.12. The highest BCUT2D eigenvalue weighted by molar-refractivity contribution is 9.11. The van der Waals surface area contributed by atoms with Crippen LogP contribution in [-0.4, -0.2) is 26.3 Å². The number of nitrogens with one attached hydrogen (secondary N) is 1. The maximum Gasteiger partial charge on any atom is 0.0775 e. The molecule has 70 valence electrons. The average molecular weight is 234 g/mol. The lowest BCUT2D eigenvalue weighted by Gasteiger charge is -2.07. The van der Waals surface area contributed by atoms with Gasteiger partial charge in [0.2, 0.25) is 0 Å². The van der Waals surface area contributed by atoms with E-state index in [1.807, 2.05) is 0 Å². The molecule has 12 heavy (non-hydrogen) atoms. The van der Waals surface area contributed by atoms with Crippen LogP contribution in [-0.2, 0) is 4.74 Å². The quantitative estimate of drug-likeness (QED) is 0.733. The predicted molar refractivity (Wildman–Crippen MR) is 54.5 cm³/mol. The van der Waals surface area contributed by atoms with Crippen molar-refractivity contribution >= 4 is 15.9 Å². The molecule has 0 spiro atoms. The molecule has 1 saturated heterocycles. The van der Waals surface area contributed by atoms with Gasteiger partial charge in [-0.25, -0.2) is 0 Å². The summed E-state index contributed by atoms with van der Waals surface area (Å²) in [6, 6.07) is 0. The third-order valence-corrected chi connectivity index (χ3v) is 2.32. The zero-order chi connectivity index (χ0) is 8.81. The van der Waals surface area contributed by atoms with Crippen LogP contribution in [0.2, 0.25) is 0 Å². The molecule has 1 N–H and O–H groups in total. The lowest BCUT2D eigenvalue weighted by atomic mass is 10.1. The largest absolute Gasteiger partial charge is 0.376 e. The van der Waals surface area contributed by atoms with Crippen LogP contribution in [0.1, 0.15) is 12.8 Å². The fourth-order valence-electron chi connectivity index (χ4n) is 1.39. The molecule has 0 saturated carbocycles. The second-order valence-electron chi connectivity index (χ2n) is 3.22. The van der Waals surface area contributed by atoms with Gasteiger partial charge in [-0.3, -0.25) is 0 Å². The van der Waals surface area contributed by atoms with E-state index in [4.69, 9.17) is 4.74 Å². The van der Waals surface area contributed by atoms with Crippen LogP contribution >= 0.6 is 15.9 Å². The van der Waals surface area contributed by atoms with Crippen LogP contribution in [0.4, 0.5) is 0 Å². The summed E-state index contributed by atoms with van der Waals surface area (Å²) in [6.07, 6.45) is 2.48. The molecular weight excluding hydrogens is 218 g/mol. The maximum atomic E-state index is 5.38. The number of rotatable bonds is 5. The van der Waals surface area contributed by atoms with Gasteiger partial charge in [-0.2, -0.15) is 0 Å². The van der Waals surface area contributed by atoms with Crippen LogP contribution in [0.3, 0.4) is 0 Å². The van der Waals surface area contributed by atoms with Crippen molar-refractivity contribution < 1.29 is 4.74 Å². The van der Waals surface area contributed by atoms with Gasteiger partial charge in [-0.15, -0.1) is 0 Å². The normalized spacial score (nSPS) is 22.9. The van der Waals surface area contributed by atoms with E-state index in [0.717, 1.165) is 17.0 Å². The van der Waals surface area contributed by atoms with Crippen LogP contribution in [0.25, 0.3) is 0 Å². The average Bonchev–Trinajstić information content (AvgIpc) is 2.49. The zero-order valence-electron chi connectivity index (χ0n) is 7.31. The molecule has 0 aromatic heterocycles. The molecule has 1 aliphatic heterocycles. The van der Waals surface area contributed by atoms with Gasteiger partial charge in [-0.1, -0.05) is 22.5 Å². The molecule has 0 aromatic rings. The number of halogens is 1. The smallest absolute Gasteiger partial charge is 0.0775 e. The molecule has 1 unspecified atom stereocenters. The Morgan fingerprint density at radius 1 is 1.67 bits per heavy atom. The monoisotopic (exact) mass is 233 g/mol. The van der Waals surface area contributed by atoms with Crippen LogP contribution in [0, 0.1) is 5.92 Å². The Morgan fingerprint density at radius 2 is 2.50 bits per heavy atom. The number of hydrogen-bond donors (Lipinski definition) is 1. The molecule has 1 rings (SSSR count). The zero-order valence-corrected chi connectivity index (χ0v) is 8.90. The standard InChI is InChI=1S/C9H16BrNO/c1-8(10)7-12-5-3-9-2-4-11-6-9/h9,11H,1-7H2. The van der Waals surface area contributed by atoms with Crippen LogP contribution < -0.4 is 5.32 Å². The van der Waals surface area contributed by atoms with E-state index in [2.05, 4.69) is 27.8 Å². The van der Waals surface area contributed by atoms with Crippen molar-refractivity contribution in [2.24, 2.45) is 5.92 Å². The van der Waals surface area contributed by atoms with Gasteiger partial charge < -0.3 is 10.1 Å². The van der Waals surface area contributed by atoms with Gasteiger partial charge in [0.15, 0.2) is 0 Å². The van der Waals surface area contributed by atoms with Crippen molar-refractivity contribution in [2.45, 2.75) is 12.8 Å². The molecule has 1 aliphatic rings. The van der Waals surface area contributed by atoms with Gasteiger partial charge in [0, 0.05) is 11.1 Å². The van der Waals surface area contributed by atoms with E-state index in [1.54, 1.807) is 0 Å². The number of hydrogen-bond acceptors (Lipinski definition) is 2. The van der Waals surface area contributed by atoms with Gasteiger partial charge in [0.1, 0.15) is 0 Å². The Hall–Kier alpha value is 0.140. The first-order valence-corrected chi connectivity index (χ1v) is 5.20. The Balaban J connectivity index is 1.91. The van der Waals surface area contributed by atoms with Gasteiger partial charge in [0.25, 0.3) is 0 Å². The van der Waals surface area contributed by atoms with E-state index >= 15 is 0 Å². The third kappa shape index (κ3) is 4.24. The van der Waals surface area contributed by atoms with Crippen molar-refractivity contribution in [3.05, 3.63) is 11.1 Å². The van der Waals surface area contributed by atoms with E-state index in [9.17, 15) is 0 Å². The summed E-state index contributed by atoms with van der Waals surface area (Å²) in [5.74, 6) is 0.827. The van der Waals surface area contributed by atoms with E-state index in [1.165, 1.54) is 25.9 Å². The summed E-state index contributed by atoms with van der Waals surface area (Å²) in [5.41, 5.74) is 0. The van der Waals surface area contributed by atoms with Crippen LogP contribution in [0.5, 0.6) is 0 Å². The minimum Gasteiger partial charge on any atom is -0.376 e. The fourth-order valence-corrected chi connectivity index (χ4v) is 1.56. The summed E-state index contributed by atoms with van der Waals surface area (Å²) in [7, 11) is 0. The molecule has 0 radical (unpaired) electrons. The second kappa shape index (κ2) is 5.73. The SMILES string of the molecule is C=C(Br)COCCC1CCNC1. The topological polar surface area (TPSA) is 21.3 Å². The summed E-state index contributed by atoms with van der Waals surface area (Å²) in [5, 5.41) is 3.34. The summed E-state index contributed by atoms with van der Waals surface area (Å²) in [6.45, 7) is 7.54. The molecule has 3 heteroatoms. The Bertz CT molecular complexity index is 143. The molecular formula is C9H16BrNO. The molecule has 1 atom stereocenters. The van der Waals surface area contributed by atoms with Crippen molar-refractivity contribution in [3.63, 3.8) is 0 Å². The summed E-state index contributed by atoms with van der Waals surface area (Å²) in [4.78, 5) is 0. The van der Waals surface area contributed by atoms with Crippen LogP contribution in [0.15, 0.2) is 11.1 Å². The van der Waals surface area contributed by atoms with Crippen molar-refractivity contribution in [1.29, 1.82) is 0 Å². The minimum atomic E-state index is 0.639. The van der Waals surface area contributed by atoms with Gasteiger partial charge in [0.05, 0.1) is 6.61 Å². The maximum absolute atomic E-state index is 5.38. The van der Waals surface area contributed by atoms with E-state index in [0.29, 0.717) is 6.61 Å². The molecule has 1 heterocycles. The van der Waals surface area contributed by atoms with Crippen molar-refractivity contribution in [1.82, 2.24) is 5.32 Å². The highest BCUT2D eigenvalue weighted by atomic mass is 79.9. The van der Waals surface area contributed by atoms with Gasteiger partial charge >= 0.3 is 0 Å². The predicted octanol–water partition coefficient (Wildman–Crippen LogP) is 1.91. The lowest BCUT2D eigenvalue weighted by molar-refractivity contribution is 0.146. The fraction of sp³-hybridized carbons (Fsp3) is 0.778. The summed E-state index contributed by atoms with van der Waals surface area (Å²) >= 11 is 3.26. The molecule has 0 bridgehead atoms. The van der Waals surface area contributed by atoms with Gasteiger partial charge in [-0.05, 0) is 31.8 Å². The Labute approximate surface area is 82.5 Å². The number of ether oxygens (including phenoxy) is 1. The molecule has 0 aliphatic carbocycles. The highest BCUT2D eigenvalue weighted by Gasteiger charge is 2.13. The first-order chi connectivity index (χ1) is 5.79. The van der Waals surface area contributed by atoms with Crippen molar-refractivity contribution in [2.75, 3.05) is 26.3 Å². The first kappa shape index (κ1) is 10.2.